The minimum Gasteiger partial charge on any atom is -0.475 e. The van der Waals surface area contributed by atoms with E-state index < -0.39 is 0 Å². The van der Waals surface area contributed by atoms with Crippen molar-refractivity contribution in [1.82, 2.24) is 9.80 Å². The fourth-order valence-electron chi connectivity index (χ4n) is 3.10. The Labute approximate surface area is 152 Å². The lowest BCUT2D eigenvalue weighted by atomic mass is 9.99. The molecule has 2 aliphatic rings. The van der Waals surface area contributed by atoms with Crippen LogP contribution in [-0.4, -0.2) is 34.4 Å². The molecule has 1 atom stereocenters. The van der Waals surface area contributed by atoms with Crippen molar-refractivity contribution in [2.75, 3.05) is 6.61 Å². The van der Waals surface area contributed by atoms with Crippen LogP contribution in [0.1, 0.15) is 49.9 Å². The molecule has 0 amide bonds. The fraction of sp³-hybridized carbons (Fsp3) is 0.524. The largest absolute Gasteiger partial charge is 0.475 e. The molecule has 0 aliphatic carbocycles. The lowest BCUT2D eigenvalue weighted by Gasteiger charge is -2.23. The molecule has 3 rings (SSSR count). The summed E-state index contributed by atoms with van der Waals surface area (Å²) in [6.07, 6.45) is 4.16. The predicted molar refractivity (Wildman–Crippen MR) is 102 cm³/mol. The Morgan fingerprint density at radius 2 is 1.92 bits per heavy atom. The molecule has 0 bridgehead atoms. The highest BCUT2D eigenvalue weighted by molar-refractivity contribution is 5.96. The van der Waals surface area contributed by atoms with Crippen LogP contribution < -0.4 is 0 Å². The van der Waals surface area contributed by atoms with Crippen molar-refractivity contribution in [1.29, 1.82) is 0 Å². The number of benzene rings is 1. The molecule has 0 aromatic heterocycles. The summed E-state index contributed by atoms with van der Waals surface area (Å²) >= 11 is 0. The second-order valence-electron chi connectivity index (χ2n) is 7.68. The molecule has 0 saturated heterocycles. The Bertz CT molecular complexity index is 691. The maximum atomic E-state index is 5.91. The van der Waals surface area contributed by atoms with Crippen LogP contribution in [0, 0.1) is 26.4 Å². The molecule has 2 heterocycles. The third-order valence-corrected chi connectivity index (χ3v) is 4.90. The second-order valence-corrected chi connectivity index (χ2v) is 7.68. The SMILES string of the molecule is Cc1cc(C)c(C2=N[C@@H](C(C)C)CO2)cc1CN1[C]N(C(C)C)C=C1. The van der Waals surface area contributed by atoms with E-state index in [9.17, 15) is 0 Å². The maximum absolute atomic E-state index is 5.91. The van der Waals surface area contributed by atoms with Crippen molar-refractivity contribution < 1.29 is 4.74 Å². The normalized spacial score (nSPS) is 20.0. The van der Waals surface area contributed by atoms with Crippen LogP contribution in [-0.2, 0) is 11.3 Å². The standard InChI is InChI=1S/C21H29N3O/c1-14(2)20-12-25-21(22-20)19-10-18(16(5)9-17(19)6)11-23-7-8-24(13-23)15(3)4/h7-10,14-15,20H,11-12H2,1-6H3/t20-/m1/s1. The average Bonchev–Trinajstić information content (AvgIpc) is 3.19. The topological polar surface area (TPSA) is 28.1 Å². The summed E-state index contributed by atoms with van der Waals surface area (Å²) in [5.41, 5.74) is 4.91. The Morgan fingerprint density at radius 1 is 1.16 bits per heavy atom. The van der Waals surface area contributed by atoms with Gasteiger partial charge in [-0.2, -0.15) is 0 Å². The fourth-order valence-corrected chi connectivity index (χ4v) is 3.10. The van der Waals surface area contributed by atoms with Gasteiger partial charge in [-0.05, 0) is 56.4 Å². The molecule has 0 unspecified atom stereocenters. The van der Waals surface area contributed by atoms with Gasteiger partial charge in [0.1, 0.15) is 6.61 Å². The smallest absolute Gasteiger partial charge is 0.216 e. The molecule has 0 fully saturated rings. The van der Waals surface area contributed by atoms with E-state index >= 15 is 0 Å². The van der Waals surface area contributed by atoms with Gasteiger partial charge in [0.05, 0.1) is 6.04 Å². The molecular formula is C21H29N3O. The van der Waals surface area contributed by atoms with Crippen LogP contribution in [0.25, 0.3) is 0 Å². The minimum absolute atomic E-state index is 0.266. The Morgan fingerprint density at radius 3 is 2.52 bits per heavy atom. The molecule has 0 spiro atoms. The first kappa shape index (κ1) is 17.8. The number of hydrogen-bond donors (Lipinski definition) is 0. The van der Waals surface area contributed by atoms with Crippen LogP contribution in [0.4, 0.5) is 0 Å². The number of aryl methyl sites for hydroxylation is 2. The van der Waals surface area contributed by atoms with E-state index in [0.717, 1.165) is 18.0 Å². The van der Waals surface area contributed by atoms with E-state index in [0.29, 0.717) is 18.6 Å². The van der Waals surface area contributed by atoms with Crippen molar-refractivity contribution in [2.45, 2.75) is 60.2 Å². The highest BCUT2D eigenvalue weighted by Gasteiger charge is 2.25. The summed E-state index contributed by atoms with van der Waals surface area (Å²) in [6.45, 7) is 17.9. The van der Waals surface area contributed by atoms with Crippen molar-refractivity contribution in [3.8, 4) is 0 Å². The molecule has 4 nitrogen and oxygen atoms in total. The zero-order chi connectivity index (χ0) is 18.1. The summed E-state index contributed by atoms with van der Waals surface area (Å²) in [7, 11) is 0. The lowest BCUT2D eigenvalue weighted by Crippen LogP contribution is -2.25. The molecule has 1 aromatic rings. The van der Waals surface area contributed by atoms with Crippen LogP contribution >= 0.6 is 0 Å². The molecule has 2 radical (unpaired) electrons. The zero-order valence-corrected chi connectivity index (χ0v) is 16.2. The monoisotopic (exact) mass is 339 g/mol. The molecule has 4 heteroatoms. The van der Waals surface area contributed by atoms with Crippen LogP contribution in [0.5, 0.6) is 0 Å². The Hall–Kier alpha value is -1.97. The molecule has 25 heavy (non-hydrogen) atoms. The minimum atomic E-state index is 0.266. The Kier molecular flexibility index (Phi) is 5.07. The van der Waals surface area contributed by atoms with E-state index in [2.05, 4.69) is 82.5 Å². The zero-order valence-electron chi connectivity index (χ0n) is 16.2. The lowest BCUT2D eigenvalue weighted by molar-refractivity contribution is 0.291. The van der Waals surface area contributed by atoms with E-state index in [1.54, 1.807) is 0 Å². The molecule has 1 aromatic carbocycles. The maximum Gasteiger partial charge on any atom is 0.216 e. The summed E-state index contributed by atoms with van der Waals surface area (Å²) in [4.78, 5) is 9.01. The van der Waals surface area contributed by atoms with Crippen molar-refractivity contribution in [2.24, 2.45) is 10.9 Å². The summed E-state index contributed by atoms with van der Waals surface area (Å²) in [5.74, 6) is 1.30. The number of aliphatic imine (C=N–C) groups is 1. The predicted octanol–water partition coefficient (Wildman–Crippen LogP) is 4.10. The highest BCUT2D eigenvalue weighted by atomic mass is 16.5. The molecule has 2 aliphatic heterocycles. The van der Waals surface area contributed by atoms with Gasteiger partial charge in [-0.3, -0.25) is 0 Å². The van der Waals surface area contributed by atoms with E-state index in [4.69, 9.17) is 9.73 Å². The molecule has 0 saturated carbocycles. The van der Waals surface area contributed by atoms with Gasteiger partial charge in [0.25, 0.3) is 0 Å². The third-order valence-electron chi connectivity index (χ3n) is 4.90. The first-order valence-corrected chi connectivity index (χ1v) is 9.16. The number of rotatable bonds is 5. The van der Waals surface area contributed by atoms with Crippen molar-refractivity contribution in [3.05, 3.63) is 53.5 Å². The third kappa shape index (κ3) is 3.83. The van der Waals surface area contributed by atoms with Gasteiger partial charge in [0.2, 0.25) is 12.6 Å². The molecular weight excluding hydrogens is 310 g/mol. The van der Waals surface area contributed by atoms with E-state index in [1.807, 2.05) is 0 Å². The molecule has 0 N–H and O–H groups in total. The van der Waals surface area contributed by atoms with Crippen LogP contribution in [0.15, 0.2) is 29.5 Å². The molecule has 134 valence electrons. The van der Waals surface area contributed by atoms with E-state index in [-0.39, 0.29) is 6.04 Å². The van der Waals surface area contributed by atoms with Gasteiger partial charge in [-0.25, -0.2) is 4.99 Å². The number of hydrogen-bond acceptors (Lipinski definition) is 4. The number of nitrogens with zero attached hydrogens (tertiary/aromatic N) is 3. The quantitative estimate of drug-likeness (QED) is 0.808. The Balaban J connectivity index is 1.80. The summed E-state index contributed by atoms with van der Waals surface area (Å²) < 4.78 is 5.91. The van der Waals surface area contributed by atoms with Gasteiger partial charge in [-0.1, -0.05) is 19.9 Å². The van der Waals surface area contributed by atoms with Gasteiger partial charge in [-0.15, -0.1) is 0 Å². The van der Waals surface area contributed by atoms with Crippen molar-refractivity contribution >= 4 is 5.90 Å². The second kappa shape index (κ2) is 7.11. The van der Waals surface area contributed by atoms with Gasteiger partial charge >= 0.3 is 0 Å². The first-order chi connectivity index (χ1) is 11.8. The van der Waals surface area contributed by atoms with Gasteiger partial charge in [0, 0.05) is 30.5 Å². The number of ether oxygens (including phenoxy) is 1. The van der Waals surface area contributed by atoms with Gasteiger partial charge < -0.3 is 14.5 Å². The van der Waals surface area contributed by atoms with Crippen LogP contribution in [0.3, 0.4) is 0 Å². The first-order valence-electron chi connectivity index (χ1n) is 9.16. The average molecular weight is 339 g/mol. The highest BCUT2D eigenvalue weighted by Crippen LogP contribution is 2.25. The van der Waals surface area contributed by atoms with Crippen LogP contribution in [0.2, 0.25) is 0 Å². The van der Waals surface area contributed by atoms with Crippen molar-refractivity contribution in [3.63, 3.8) is 0 Å². The van der Waals surface area contributed by atoms with E-state index in [1.165, 1.54) is 16.7 Å². The summed E-state index contributed by atoms with van der Waals surface area (Å²) in [6, 6.07) is 5.16. The van der Waals surface area contributed by atoms with Gasteiger partial charge in [0.15, 0.2) is 0 Å². The summed E-state index contributed by atoms with van der Waals surface area (Å²) in [5, 5.41) is 0.